The van der Waals surface area contributed by atoms with Gasteiger partial charge in [-0.15, -0.1) is 0 Å². The molecule has 0 bridgehead atoms. The maximum atomic E-state index is 12.4. The van der Waals surface area contributed by atoms with E-state index < -0.39 is 30.9 Å². The van der Waals surface area contributed by atoms with Gasteiger partial charge in [0.25, 0.3) is 5.92 Å². The summed E-state index contributed by atoms with van der Waals surface area (Å²) in [6.07, 6.45) is 0. The van der Waals surface area contributed by atoms with Gasteiger partial charge in [-0.2, -0.15) is 0 Å². The lowest BCUT2D eigenvalue weighted by Crippen LogP contribution is -2.42. The van der Waals surface area contributed by atoms with E-state index in [1.165, 1.54) is 6.92 Å². The molecule has 6 heteroatoms. The monoisotopic (exact) mass is 196 g/mol. The summed E-state index contributed by atoms with van der Waals surface area (Å²) < 4.78 is 24.8. The Bertz CT molecular complexity index is 176. The number of amides is 1. The van der Waals surface area contributed by atoms with Crippen molar-refractivity contribution >= 4 is 5.91 Å². The minimum atomic E-state index is -3.26. The number of carbonyl (C=O) groups excluding carboxylic acids is 1. The number of alkyl halides is 2. The number of rotatable bonds is 5. The number of halogens is 2. The standard InChI is InChI=1S/C7H14F2N2O2/c1-5(2-10)6(13)11-3-7(8,9)4-12/h5,12H,2-4,10H2,1H3,(H,11,13). The number of carbonyl (C=O) groups is 1. The zero-order valence-corrected chi connectivity index (χ0v) is 7.39. The summed E-state index contributed by atoms with van der Waals surface area (Å²) in [7, 11) is 0. The maximum absolute atomic E-state index is 12.4. The Hall–Kier alpha value is -0.750. The second kappa shape index (κ2) is 5.08. The fourth-order valence-corrected chi connectivity index (χ4v) is 0.554. The first-order chi connectivity index (χ1) is 5.93. The summed E-state index contributed by atoms with van der Waals surface area (Å²) in [5, 5.41) is 10.2. The van der Waals surface area contributed by atoms with Gasteiger partial charge >= 0.3 is 0 Å². The predicted molar refractivity (Wildman–Crippen MR) is 43.3 cm³/mol. The van der Waals surface area contributed by atoms with Crippen LogP contribution in [0, 0.1) is 5.92 Å². The van der Waals surface area contributed by atoms with Crippen molar-refractivity contribution in [2.24, 2.45) is 11.7 Å². The van der Waals surface area contributed by atoms with Gasteiger partial charge in [0.2, 0.25) is 5.91 Å². The van der Waals surface area contributed by atoms with Gasteiger partial charge in [-0.05, 0) is 0 Å². The van der Waals surface area contributed by atoms with E-state index in [1.54, 1.807) is 0 Å². The molecule has 0 aromatic rings. The molecule has 0 aromatic heterocycles. The maximum Gasteiger partial charge on any atom is 0.287 e. The SMILES string of the molecule is CC(CN)C(=O)NCC(F)(F)CO. The lowest BCUT2D eigenvalue weighted by atomic mass is 10.1. The van der Waals surface area contributed by atoms with Crippen LogP contribution in [-0.2, 0) is 4.79 Å². The summed E-state index contributed by atoms with van der Waals surface area (Å²) in [5.74, 6) is -4.28. The highest BCUT2D eigenvalue weighted by Crippen LogP contribution is 2.09. The first-order valence-corrected chi connectivity index (χ1v) is 3.89. The Labute approximate surface area is 75.1 Å². The largest absolute Gasteiger partial charge is 0.390 e. The number of nitrogens with one attached hydrogen (secondary N) is 1. The number of aliphatic hydroxyl groups is 1. The van der Waals surface area contributed by atoms with E-state index in [-0.39, 0.29) is 6.54 Å². The average Bonchev–Trinajstić information content (AvgIpc) is 2.13. The molecule has 0 aromatic carbocycles. The molecular formula is C7H14F2N2O2. The van der Waals surface area contributed by atoms with E-state index in [0.29, 0.717) is 0 Å². The number of hydrogen-bond acceptors (Lipinski definition) is 3. The highest BCUT2D eigenvalue weighted by atomic mass is 19.3. The molecular weight excluding hydrogens is 182 g/mol. The normalized spacial score (nSPS) is 13.9. The summed E-state index contributed by atoms with van der Waals surface area (Å²) in [6, 6.07) is 0. The fourth-order valence-electron chi connectivity index (χ4n) is 0.554. The van der Waals surface area contributed by atoms with Gasteiger partial charge < -0.3 is 16.2 Å². The van der Waals surface area contributed by atoms with Gasteiger partial charge in [0.1, 0.15) is 6.61 Å². The zero-order valence-electron chi connectivity index (χ0n) is 7.39. The van der Waals surface area contributed by atoms with Crippen LogP contribution >= 0.6 is 0 Å². The highest BCUT2D eigenvalue weighted by molar-refractivity contribution is 5.78. The molecule has 0 radical (unpaired) electrons. The van der Waals surface area contributed by atoms with Crippen molar-refractivity contribution in [2.75, 3.05) is 19.7 Å². The molecule has 0 saturated heterocycles. The minimum Gasteiger partial charge on any atom is -0.390 e. The van der Waals surface area contributed by atoms with E-state index in [4.69, 9.17) is 10.8 Å². The second-order valence-electron chi connectivity index (χ2n) is 2.87. The van der Waals surface area contributed by atoms with Crippen molar-refractivity contribution in [3.8, 4) is 0 Å². The van der Waals surface area contributed by atoms with Crippen LogP contribution < -0.4 is 11.1 Å². The van der Waals surface area contributed by atoms with E-state index in [9.17, 15) is 13.6 Å². The summed E-state index contributed by atoms with van der Waals surface area (Å²) in [4.78, 5) is 10.9. The molecule has 0 fully saturated rings. The molecule has 1 unspecified atom stereocenters. The lowest BCUT2D eigenvalue weighted by Gasteiger charge is -2.15. The van der Waals surface area contributed by atoms with Crippen molar-refractivity contribution in [3.05, 3.63) is 0 Å². The Morgan fingerprint density at radius 1 is 1.69 bits per heavy atom. The zero-order chi connectivity index (χ0) is 10.5. The van der Waals surface area contributed by atoms with Crippen molar-refractivity contribution < 1.29 is 18.7 Å². The van der Waals surface area contributed by atoms with E-state index in [2.05, 4.69) is 0 Å². The molecule has 0 heterocycles. The van der Waals surface area contributed by atoms with E-state index >= 15 is 0 Å². The van der Waals surface area contributed by atoms with Gasteiger partial charge in [-0.1, -0.05) is 6.92 Å². The number of hydrogen-bond donors (Lipinski definition) is 3. The van der Waals surface area contributed by atoms with Crippen LogP contribution in [0.3, 0.4) is 0 Å². The van der Waals surface area contributed by atoms with Crippen molar-refractivity contribution in [1.82, 2.24) is 5.32 Å². The van der Waals surface area contributed by atoms with Crippen LogP contribution in [0.4, 0.5) is 8.78 Å². The fraction of sp³-hybridized carbons (Fsp3) is 0.857. The van der Waals surface area contributed by atoms with Crippen LogP contribution in [0.5, 0.6) is 0 Å². The van der Waals surface area contributed by atoms with Crippen molar-refractivity contribution in [1.29, 1.82) is 0 Å². The average molecular weight is 196 g/mol. The van der Waals surface area contributed by atoms with Gasteiger partial charge in [-0.3, -0.25) is 4.79 Å². The third kappa shape index (κ3) is 4.74. The molecule has 13 heavy (non-hydrogen) atoms. The minimum absolute atomic E-state index is 0.108. The predicted octanol–water partition coefficient (Wildman–Crippen LogP) is -0.675. The van der Waals surface area contributed by atoms with Crippen molar-refractivity contribution in [2.45, 2.75) is 12.8 Å². The van der Waals surface area contributed by atoms with Gasteiger partial charge in [0.15, 0.2) is 0 Å². The topological polar surface area (TPSA) is 75.4 Å². The first-order valence-electron chi connectivity index (χ1n) is 3.89. The quantitative estimate of drug-likeness (QED) is 0.545. The Morgan fingerprint density at radius 2 is 2.23 bits per heavy atom. The molecule has 0 aliphatic carbocycles. The number of aliphatic hydroxyl groups excluding tert-OH is 1. The van der Waals surface area contributed by atoms with Crippen LogP contribution in [0.15, 0.2) is 0 Å². The summed E-state index contributed by atoms with van der Waals surface area (Å²) >= 11 is 0. The molecule has 0 saturated carbocycles. The molecule has 0 aliphatic heterocycles. The molecule has 0 rings (SSSR count). The highest BCUT2D eigenvalue weighted by Gasteiger charge is 2.28. The lowest BCUT2D eigenvalue weighted by molar-refractivity contribution is -0.127. The summed E-state index contributed by atoms with van der Waals surface area (Å²) in [6.45, 7) is -0.486. The summed E-state index contributed by atoms with van der Waals surface area (Å²) in [5.41, 5.74) is 5.15. The van der Waals surface area contributed by atoms with E-state index in [1.807, 2.05) is 5.32 Å². The molecule has 0 aliphatic rings. The van der Waals surface area contributed by atoms with Gasteiger partial charge in [0.05, 0.1) is 6.54 Å². The smallest absolute Gasteiger partial charge is 0.287 e. The molecule has 1 atom stereocenters. The third-order valence-corrected chi connectivity index (χ3v) is 1.55. The Morgan fingerprint density at radius 3 is 2.62 bits per heavy atom. The Kier molecular flexibility index (Phi) is 4.79. The molecule has 4 N–H and O–H groups in total. The second-order valence-corrected chi connectivity index (χ2v) is 2.87. The molecule has 1 amide bonds. The third-order valence-electron chi connectivity index (χ3n) is 1.55. The molecule has 4 nitrogen and oxygen atoms in total. The van der Waals surface area contributed by atoms with Crippen molar-refractivity contribution in [3.63, 3.8) is 0 Å². The first kappa shape index (κ1) is 12.2. The van der Waals surface area contributed by atoms with Crippen LogP contribution in [0.25, 0.3) is 0 Å². The van der Waals surface area contributed by atoms with Crippen LogP contribution in [0.2, 0.25) is 0 Å². The number of nitrogens with two attached hydrogens (primary N) is 1. The van der Waals surface area contributed by atoms with E-state index in [0.717, 1.165) is 0 Å². The van der Waals surface area contributed by atoms with Gasteiger partial charge in [-0.25, -0.2) is 8.78 Å². The van der Waals surface area contributed by atoms with Crippen LogP contribution in [-0.4, -0.2) is 36.6 Å². The van der Waals surface area contributed by atoms with Gasteiger partial charge in [0, 0.05) is 12.5 Å². The molecule has 78 valence electrons. The van der Waals surface area contributed by atoms with Crippen LogP contribution in [0.1, 0.15) is 6.92 Å². The Balaban J connectivity index is 3.83. The molecule has 0 spiro atoms.